The van der Waals surface area contributed by atoms with Crippen LogP contribution in [0.4, 0.5) is 17.5 Å². The topological polar surface area (TPSA) is 521 Å². The fourth-order valence-electron chi connectivity index (χ4n) is 11.2. The molecule has 5 fully saturated rings. The van der Waals surface area contributed by atoms with Crippen LogP contribution in [0.25, 0.3) is 33.5 Å². The van der Waals surface area contributed by atoms with Gasteiger partial charge < -0.3 is 82.0 Å². The molecular formula is C63H95ClN17O21S4W-. The molecule has 44 heteroatoms. The number of carboxylic acid groups (broad SMARTS) is 1. The number of hydrogen-bond donors (Lipinski definition) is 12. The van der Waals surface area contributed by atoms with Gasteiger partial charge in [-0.25, -0.2) is 49.7 Å². The van der Waals surface area contributed by atoms with Gasteiger partial charge in [-0.2, -0.15) is 40.3 Å². The van der Waals surface area contributed by atoms with Crippen LogP contribution in [-0.4, -0.2) is 287 Å². The number of carbonyl (C=O) groups is 7. The van der Waals surface area contributed by atoms with Gasteiger partial charge in [-0.1, -0.05) is 19.3 Å². The number of ether oxygens (including phenoxy) is 4. The number of hydroxylamine groups is 4. The Labute approximate surface area is 646 Å². The fraction of sp³-hybridized carbons (Fsp3) is 0.651. The molecule has 0 saturated carbocycles. The van der Waals surface area contributed by atoms with Crippen molar-refractivity contribution >= 4 is 146 Å². The molecule has 1 unspecified atom stereocenters. The van der Waals surface area contributed by atoms with Gasteiger partial charge in [0.25, 0.3) is 23.6 Å². The summed E-state index contributed by atoms with van der Waals surface area (Å²) >= 11 is 6.07. The number of halogens is 1. The van der Waals surface area contributed by atoms with Crippen molar-refractivity contribution in [3.63, 3.8) is 0 Å². The quantitative estimate of drug-likeness (QED) is 0.0125. The van der Waals surface area contributed by atoms with Gasteiger partial charge in [0.1, 0.15) is 55.6 Å². The van der Waals surface area contributed by atoms with Crippen LogP contribution < -0.4 is 16.0 Å². The van der Waals surface area contributed by atoms with Crippen LogP contribution in [0.2, 0.25) is 0 Å². The predicted octanol–water partition coefficient (Wildman–Crippen LogP) is 3.34. The first-order valence-corrected chi connectivity index (χ1v) is 44.3. The molecule has 107 heavy (non-hydrogen) atoms. The van der Waals surface area contributed by atoms with Gasteiger partial charge >= 0.3 is 60.1 Å². The standard InChI is InChI=1S/C21H28N6O7S.C19H29N5O5S.C17H25N5O5S.C4H5NO3.CH3ClS.CH4O.W.H/c1-35-9-12-17(31)18(32)21(33-12)26-11-25-16-19(23-10-24-20(16)26)22-8-4-2-3-5-15(30)34-27-13(28)6-7-14(27)29;1-3-28-13(25)7-5-4-6-8-20-17-14-18(22-10-21-17)24(11-23-14)19-16(27)15(26)12(29-19)9-30-2;1-28-7-10-13(25)14(26)17(27-10)22-9-21-12-15(19-8-20-16(12)22)18-6-4-2-3-5-11(23)24;6-3-1-2-4(7)5(3)8;1-3-2;1-2;;/h10-12,17-18,21,31-32H,2-9H2,1H3,(H,22,23,24);10-12,15-16,19,26-27H,3-9H2,1-2H3,(H,20,21,22);8-10,13-14,17,25-26H,2-7H2,1H3,(H,23,24)(H,18,19,20);8H,1-2H2;1H3;2H,1H3;;/q;;;;;;;-1/t12-,17-,18-,21-;12-,15-,16-,19-;10-,13-,14-,17-;;;;;/m111...../s1/i;;;;;;;1+1. The average molecular weight is 1780 g/mol. The number of nitrogens with zero attached hydrogens (tertiary/aromatic N) is 14. The van der Waals surface area contributed by atoms with E-state index in [-0.39, 0.29) is 58.3 Å². The number of nitrogens with one attached hydrogen (secondary N) is 3. The van der Waals surface area contributed by atoms with Crippen LogP contribution in [0.5, 0.6) is 0 Å². The first-order valence-electron chi connectivity index (χ1n) is 34.1. The zero-order chi connectivity index (χ0) is 78.3. The van der Waals surface area contributed by atoms with Crippen LogP contribution in [0.15, 0.2) is 38.0 Å². The van der Waals surface area contributed by atoms with Crippen molar-refractivity contribution < 1.29 is 123 Å². The molecule has 0 aliphatic carbocycles. The third-order valence-corrected chi connectivity index (χ3v) is 18.5. The molecule has 13 atom stereocenters. The summed E-state index contributed by atoms with van der Waals surface area (Å²) in [6.07, 6.45) is 14.6. The number of unbranched alkanes of at least 4 members (excludes halogenated alkanes) is 6. The summed E-state index contributed by atoms with van der Waals surface area (Å²) in [5, 5.41) is 96.4. The summed E-state index contributed by atoms with van der Waals surface area (Å²) in [4.78, 5) is 121. The minimum absolute atomic E-state index is 0. The van der Waals surface area contributed by atoms with Crippen molar-refractivity contribution in [3.8, 4) is 0 Å². The molecule has 5 aliphatic heterocycles. The normalized spacial score (nSPS) is 23.3. The van der Waals surface area contributed by atoms with E-state index in [2.05, 4.69) is 60.8 Å². The van der Waals surface area contributed by atoms with Crippen LogP contribution in [-0.2, 0) is 75.3 Å². The molecule has 11 rings (SSSR count). The van der Waals surface area contributed by atoms with Gasteiger partial charge in [0.15, 0.2) is 69.6 Å². The van der Waals surface area contributed by atoms with Crippen LogP contribution in [0, 0.1) is 0 Å². The maximum Gasteiger partial charge on any atom is 0.253 e. The number of aliphatic hydroxyl groups excluding tert-OH is 7. The molecule has 0 aromatic carbocycles. The molecule has 596 valence electrons. The molecule has 12 N–H and O–H groups in total. The van der Waals surface area contributed by atoms with Crippen LogP contribution in [0.3, 0.4) is 0 Å². The molecule has 5 saturated heterocycles. The van der Waals surface area contributed by atoms with E-state index in [0.29, 0.717) is 125 Å². The Kier molecular flexibility index (Phi) is 38.8. The average Bonchev–Trinajstić information content (AvgIpc) is 1.63. The third-order valence-electron chi connectivity index (χ3n) is 16.5. The van der Waals surface area contributed by atoms with E-state index >= 15 is 0 Å². The summed E-state index contributed by atoms with van der Waals surface area (Å²) in [5.74, 6) is -0.142. The number of aliphatic hydroxyl groups is 7. The van der Waals surface area contributed by atoms with Gasteiger partial charge in [-0.3, -0.25) is 47.7 Å². The van der Waals surface area contributed by atoms with Crippen LogP contribution >= 0.6 is 53.3 Å². The maximum absolute atomic E-state index is 11.8. The summed E-state index contributed by atoms with van der Waals surface area (Å²) in [5.41, 5.74) is 3.13. The van der Waals surface area contributed by atoms with E-state index in [1.54, 1.807) is 38.7 Å². The predicted molar refractivity (Wildman–Crippen MR) is 393 cm³/mol. The molecule has 6 aromatic rings. The Morgan fingerprint density at radius 3 is 1.15 bits per heavy atom. The second-order valence-corrected chi connectivity index (χ2v) is 36.6. The van der Waals surface area contributed by atoms with E-state index < -0.39 is 109 Å². The van der Waals surface area contributed by atoms with Crippen LogP contribution in [0.1, 0.15) is 130 Å². The largest absolute Gasteiger partial charge is 1.00 e. The Morgan fingerprint density at radius 1 is 0.533 bits per heavy atom. The number of carbonyl (C=O) groups excluding carboxylic acids is 6. The van der Waals surface area contributed by atoms with Gasteiger partial charge in [-0.05, 0) is 64.2 Å². The number of rotatable bonds is 32. The van der Waals surface area contributed by atoms with E-state index in [1.165, 1.54) is 73.2 Å². The van der Waals surface area contributed by atoms with Crippen molar-refractivity contribution in [1.82, 2.24) is 68.7 Å². The Bertz CT molecular complexity index is 3830. The molecule has 0 bridgehead atoms. The number of aromatic nitrogens is 12. The Balaban J connectivity index is 0.000000266. The zero-order valence-corrected chi connectivity index (χ0v) is 66.7. The van der Waals surface area contributed by atoms with E-state index in [1.807, 2.05) is 25.0 Å². The molecule has 38 nitrogen and oxygen atoms in total. The third kappa shape index (κ3) is 25.9. The van der Waals surface area contributed by atoms with Gasteiger partial charge in [0.2, 0.25) is 0 Å². The summed E-state index contributed by atoms with van der Waals surface area (Å²) in [6, 6.07) is 0. The number of fused-ring (bicyclic) bond motifs is 3. The Morgan fingerprint density at radius 2 is 0.850 bits per heavy atom. The number of esters is 1. The number of amides is 4. The number of aliphatic carboxylic acids is 1. The zero-order valence-electron chi connectivity index (χ0n) is 60.8. The first kappa shape index (κ1) is 89.6. The number of imide groups is 2. The summed E-state index contributed by atoms with van der Waals surface area (Å²) in [6.45, 7) is 4.09. The number of hydrogen-bond acceptors (Lipinski definition) is 35. The minimum atomic E-state index is -1.11. The monoisotopic (exact) mass is 1770 g/mol. The molecule has 0 spiro atoms. The number of carboxylic acids is 1. The summed E-state index contributed by atoms with van der Waals surface area (Å²) < 4.78 is 27.3. The van der Waals surface area contributed by atoms with Crippen molar-refractivity contribution in [3.05, 3.63) is 38.0 Å². The van der Waals surface area contributed by atoms with E-state index in [9.17, 15) is 64.2 Å². The molecule has 11 heterocycles. The number of thioether (sulfide) groups is 3. The molecular weight excluding hydrogens is 1680 g/mol. The molecule has 5 aliphatic rings. The van der Waals surface area contributed by atoms with Gasteiger partial charge in [-0.15, -0.1) is 5.06 Å². The SMILES string of the molecule is CCOC(=O)CCCCCNc1ncnc2c1ncn2[C@@H]1O[C@H](CSC)[C@@H](O)[C@H]1O.CO.CSC[C@H]1O[C@@H](n2cnc3c(NCCCCCC(=O)O)ncnc32)[C@H](O)[C@@H]1O.CSC[C@H]1O[C@@H](n2cnc3c(NCCCCCC(=O)ON4C(=O)CCC4=O)ncnc32)[C@H](O)[C@@H]1O.C[S](Cl)=[W].O=C1CCC(=O)N1O.[2H-]. The van der Waals surface area contributed by atoms with E-state index in [0.717, 1.165) is 45.6 Å². The first-order chi connectivity index (χ1) is 51.4. The molecule has 0 radical (unpaired) electrons. The van der Waals surface area contributed by atoms with Crippen molar-refractivity contribution in [2.75, 3.05) is 91.6 Å². The number of anilines is 3. The number of imidazole rings is 3. The molecule has 4 amide bonds. The van der Waals surface area contributed by atoms with Crippen molar-refractivity contribution in [2.45, 2.75) is 183 Å². The molecule has 6 aromatic heterocycles. The smallest absolute Gasteiger partial charge is 0.253 e. The van der Waals surface area contributed by atoms with E-state index in [4.69, 9.17) is 49.9 Å². The van der Waals surface area contributed by atoms with Gasteiger partial charge in [0.05, 0.1) is 43.9 Å². The second kappa shape index (κ2) is 46.4. The minimum Gasteiger partial charge on any atom is -1.00 e. The summed E-state index contributed by atoms with van der Waals surface area (Å²) in [7, 11) is 6.53. The second-order valence-electron chi connectivity index (χ2n) is 24.1. The fourth-order valence-corrected chi connectivity index (χ4v) is 13.0. The van der Waals surface area contributed by atoms with Crippen molar-refractivity contribution in [1.29, 1.82) is 0 Å². The Hall–Kier alpha value is -6.32. The van der Waals surface area contributed by atoms with Crippen molar-refractivity contribution in [2.24, 2.45) is 0 Å². The van der Waals surface area contributed by atoms with Gasteiger partial charge in [0, 0.05) is 88.9 Å². The maximum atomic E-state index is 11.8.